The molecule has 0 amide bonds. The topological polar surface area (TPSA) is 50.4 Å². The molecule has 3 aliphatic rings. The highest BCUT2D eigenvalue weighted by Gasteiger charge is 2.56. The summed E-state index contributed by atoms with van der Waals surface area (Å²) in [7, 11) is 0. The Morgan fingerprint density at radius 3 is 2.96 bits per heavy atom. The Hall–Kier alpha value is -2.29. The van der Waals surface area contributed by atoms with E-state index in [0.717, 1.165) is 43.4 Å². The van der Waals surface area contributed by atoms with Gasteiger partial charge in [-0.2, -0.15) is 0 Å². The number of carbonyl (C=O) groups excluding carboxylic acids is 1. The van der Waals surface area contributed by atoms with Crippen molar-refractivity contribution in [2.24, 2.45) is 17.3 Å². The number of aromatic hydroxyl groups is 1. The Morgan fingerprint density at radius 1 is 1.27 bits per heavy atom. The third-order valence-corrected chi connectivity index (χ3v) is 7.21. The predicted octanol–water partition coefficient (Wildman–Crippen LogP) is 5.10. The van der Waals surface area contributed by atoms with Crippen LogP contribution in [0.25, 0.3) is 6.08 Å². The Kier molecular flexibility index (Phi) is 3.43. The maximum absolute atomic E-state index is 13.2. The zero-order valence-corrected chi connectivity index (χ0v) is 15.1. The summed E-state index contributed by atoms with van der Waals surface area (Å²) in [4.78, 5) is 13.2. The first-order chi connectivity index (χ1) is 12.6. The molecule has 0 unspecified atom stereocenters. The number of phenols is 1. The number of ketones is 1. The van der Waals surface area contributed by atoms with Crippen molar-refractivity contribution in [1.29, 1.82) is 0 Å². The third-order valence-electron chi connectivity index (χ3n) is 7.21. The molecule has 1 heterocycles. The van der Waals surface area contributed by atoms with Crippen LogP contribution in [0.4, 0.5) is 0 Å². The lowest BCUT2D eigenvalue weighted by Crippen LogP contribution is -2.42. The summed E-state index contributed by atoms with van der Waals surface area (Å²) in [6.07, 6.45) is 8.61. The summed E-state index contributed by atoms with van der Waals surface area (Å²) in [5, 5.41) is 9.81. The second-order valence-corrected chi connectivity index (χ2v) is 8.47. The monoisotopic (exact) mass is 348 g/mol. The van der Waals surface area contributed by atoms with Gasteiger partial charge in [0, 0.05) is 5.41 Å². The number of phenolic OH excluding ortho intramolecular Hbond substituents is 1. The highest BCUT2D eigenvalue weighted by Crippen LogP contribution is 2.60. The van der Waals surface area contributed by atoms with Gasteiger partial charge in [0.25, 0.3) is 0 Å². The molecule has 134 valence electrons. The Morgan fingerprint density at radius 2 is 2.15 bits per heavy atom. The van der Waals surface area contributed by atoms with Gasteiger partial charge in [-0.1, -0.05) is 13.0 Å². The number of rotatable bonds is 1. The molecule has 26 heavy (non-hydrogen) atoms. The number of fused-ring (bicyclic) bond motifs is 5. The number of carbonyl (C=O) groups is 1. The minimum Gasteiger partial charge on any atom is -0.508 e. The van der Waals surface area contributed by atoms with Crippen LogP contribution in [0.2, 0.25) is 0 Å². The zero-order chi connectivity index (χ0) is 17.9. The molecule has 3 nitrogen and oxygen atoms in total. The van der Waals surface area contributed by atoms with Crippen molar-refractivity contribution in [3.8, 4) is 5.75 Å². The second kappa shape index (κ2) is 5.60. The highest BCUT2D eigenvalue weighted by molar-refractivity contribution is 6.05. The molecule has 5 rings (SSSR count). The third kappa shape index (κ3) is 2.22. The quantitative estimate of drug-likeness (QED) is 0.729. The Balaban J connectivity index is 1.51. The number of aryl methyl sites for hydroxylation is 1. The molecule has 4 atom stereocenters. The first-order valence-corrected chi connectivity index (χ1v) is 9.67. The lowest BCUT2D eigenvalue weighted by Gasteiger charge is -2.48. The number of allylic oxidation sites excluding steroid dienone is 1. The second-order valence-electron chi connectivity index (χ2n) is 8.47. The van der Waals surface area contributed by atoms with Gasteiger partial charge in [0.1, 0.15) is 11.5 Å². The molecule has 0 spiro atoms. The van der Waals surface area contributed by atoms with Crippen LogP contribution in [0.1, 0.15) is 55.4 Å². The van der Waals surface area contributed by atoms with E-state index in [1.54, 1.807) is 6.26 Å². The van der Waals surface area contributed by atoms with E-state index in [0.29, 0.717) is 29.3 Å². The molecule has 0 aliphatic heterocycles. The molecule has 2 aromatic rings. The average Bonchev–Trinajstić information content (AvgIpc) is 3.23. The van der Waals surface area contributed by atoms with Crippen molar-refractivity contribution in [3.05, 3.63) is 59.1 Å². The summed E-state index contributed by atoms with van der Waals surface area (Å²) in [6, 6.07) is 9.64. The molecular formula is C23H24O3. The van der Waals surface area contributed by atoms with Gasteiger partial charge in [-0.05, 0) is 96.9 Å². The maximum Gasteiger partial charge on any atom is 0.165 e. The average molecular weight is 348 g/mol. The smallest absolute Gasteiger partial charge is 0.165 e. The van der Waals surface area contributed by atoms with E-state index in [9.17, 15) is 9.90 Å². The van der Waals surface area contributed by atoms with Crippen LogP contribution in [-0.2, 0) is 11.2 Å². The fourth-order valence-electron chi connectivity index (χ4n) is 5.91. The van der Waals surface area contributed by atoms with E-state index in [-0.39, 0.29) is 5.41 Å². The molecular weight excluding hydrogens is 324 g/mol. The largest absolute Gasteiger partial charge is 0.508 e. The Bertz CT molecular complexity index is 892. The standard InChI is InChI=1S/C23H24O3/c1-23-9-8-19-18-7-5-16(24)11-14(18)4-6-20(19)21(23)13-15(22(23)25)12-17-3-2-10-26-17/h2-3,5,7,10-12,19-21,24H,4,6,8-9,13H2,1H3/b15-12+/t19-,20-,21+,23+/m1/s1. The highest BCUT2D eigenvalue weighted by atomic mass is 16.3. The first-order valence-electron chi connectivity index (χ1n) is 9.67. The molecule has 3 heteroatoms. The molecule has 1 N–H and O–H groups in total. The molecule has 0 saturated heterocycles. The lowest BCUT2D eigenvalue weighted by molar-refractivity contribution is -0.127. The first kappa shape index (κ1) is 15.9. The molecule has 3 aliphatic carbocycles. The molecule has 2 saturated carbocycles. The van der Waals surface area contributed by atoms with E-state index < -0.39 is 0 Å². The lowest BCUT2D eigenvalue weighted by atomic mass is 9.55. The van der Waals surface area contributed by atoms with Gasteiger partial charge in [-0.15, -0.1) is 0 Å². The zero-order valence-electron chi connectivity index (χ0n) is 15.1. The summed E-state index contributed by atoms with van der Waals surface area (Å²) in [6.45, 7) is 2.19. The van der Waals surface area contributed by atoms with Crippen molar-refractivity contribution in [2.75, 3.05) is 0 Å². The summed E-state index contributed by atoms with van der Waals surface area (Å²) >= 11 is 0. The minimum atomic E-state index is -0.228. The number of benzene rings is 1. The summed E-state index contributed by atoms with van der Waals surface area (Å²) in [5.74, 6) is 2.95. The van der Waals surface area contributed by atoms with Crippen LogP contribution < -0.4 is 0 Å². The van der Waals surface area contributed by atoms with Crippen molar-refractivity contribution < 1.29 is 14.3 Å². The van der Waals surface area contributed by atoms with E-state index in [1.807, 2.05) is 30.3 Å². The van der Waals surface area contributed by atoms with Gasteiger partial charge in [-0.25, -0.2) is 0 Å². The van der Waals surface area contributed by atoms with Gasteiger partial charge in [0.2, 0.25) is 0 Å². The molecule has 1 aromatic carbocycles. The van der Waals surface area contributed by atoms with Gasteiger partial charge >= 0.3 is 0 Å². The number of hydrogen-bond acceptors (Lipinski definition) is 3. The maximum atomic E-state index is 13.2. The van der Waals surface area contributed by atoms with Gasteiger partial charge in [0.15, 0.2) is 5.78 Å². The van der Waals surface area contributed by atoms with Gasteiger partial charge < -0.3 is 9.52 Å². The van der Waals surface area contributed by atoms with Crippen LogP contribution in [0.15, 0.2) is 46.6 Å². The van der Waals surface area contributed by atoms with E-state index >= 15 is 0 Å². The Labute approximate surface area is 153 Å². The predicted molar refractivity (Wildman–Crippen MR) is 99.8 cm³/mol. The minimum absolute atomic E-state index is 0.228. The van der Waals surface area contributed by atoms with Crippen molar-refractivity contribution in [2.45, 2.75) is 44.9 Å². The van der Waals surface area contributed by atoms with Crippen LogP contribution in [0.5, 0.6) is 5.75 Å². The van der Waals surface area contributed by atoms with Crippen LogP contribution in [0, 0.1) is 17.3 Å². The SMILES string of the molecule is C[C@]12CC[C@@H]3c4ccc(O)cc4CC[C@H]3[C@@H]1C/C(=C\c1ccco1)C2=O. The fraction of sp³-hybridized carbons (Fsp3) is 0.435. The van der Waals surface area contributed by atoms with Gasteiger partial charge in [0.05, 0.1) is 6.26 Å². The molecule has 0 bridgehead atoms. The van der Waals surface area contributed by atoms with E-state index in [4.69, 9.17) is 4.42 Å². The fourth-order valence-corrected chi connectivity index (χ4v) is 5.91. The number of Topliss-reactive ketones (excluding diaryl/α,β-unsaturated/α-hetero) is 1. The van der Waals surface area contributed by atoms with Crippen molar-refractivity contribution in [3.63, 3.8) is 0 Å². The molecule has 0 radical (unpaired) electrons. The summed E-state index contributed by atoms with van der Waals surface area (Å²) < 4.78 is 5.44. The normalized spacial score (nSPS) is 34.4. The van der Waals surface area contributed by atoms with Gasteiger partial charge in [-0.3, -0.25) is 4.79 Å². The number of hydrogen-bond donors (Lipinski definition) is 1. The molecule has 2 fully saturated rings. The van der Waals surface area contributed by atoms with Crippen molar-refractivity contribution in [1.82, 2.24) is 0 Å². The molecule has 1 aromatic heterocycles. The van der Waals surface area contributed by atoms with Crippen LogP contribution in [-0.4, -0.2) is 10.9 Å². The van der Waals surface area contributed by atoms with Crippen LogP contribution >= 0.6 is 0 Å². The van der Waals surface area contributed by atoms with E-state index in [2.05, 4.69) is 13.0 Å². The van der Waals surface area contributed by atoms with Crippen LogP contribution in [0.3, 0.4) is 0 Å². The van der Waals surface area contributed by atoms with E-state index in [1.165, 1.54) is 11.1 Å². The summed E-state index contributed by atoms with van der Waals surface area (Å²) in [5.41, 5.74) is 3.40. The number of furan rings is 1. The van der Waals surface area contributed by atoms with Crippen molar-refractivity contribution >= 4 is 11.9 Å².